The minimum Gasteiger partial charge on any atom is -0.345 e. The fourth-order valence-electron chi connectivity index (χ4n) is 3.17. The monoisotopic (exact) mass is 366 g/mol. The highest BCUT2D eigenvalue weighted by molar-refractivity contribution is 6.23. The van der Waals surface area contributed by atoms with Gasteiger partial charge in [0.2, 0.25) is 11.8 Å². The van der Waals surface area contributed by atoms with Crippen molar-refractivity contribution in [2.45, 2.75) is 32.4 Å². The van der Waals surface area contributed by atoms with E-state index in [2.05, 4.69) is 20.6 Å². The highest BCUT2D eigenvalue weighted by atomic mass is 16.2. The molecule has 3 heterocycles. The summed E-state index contributed by atoms with van der Waals surface area (Å²) in [6.45, 7) is 3.93. The van der Waals surface area contributed by atoms with Crippen LogP contribution in [0, 0.1) is 11.8 Å². The maximum absolute atomic E-state index is 12.8. The van der Waals surface area contributed by atoms with Gasteiger partial charge in [-0.15, -0.1) is 0 Å². The van der Waals surface area contributed by atoms with E-state index >= 15 is 0 Å². The molecule has 2 atom stereocenters. The second-order valence-corrected chi connectivity index (χ2v) is 6.98. The topological polar surface area (TPSA) is 101 Å². The zero-order valence-electron chi connectivity index (χ0n) is 15.3. The Morgan fingerprint density at radius 3 is 2.15 bits per heavy atom. The minimum absolute atomic E-state index is 0.232. The fourth-order valence-corrected chi connectivity index (χ4v) is 3.17. The van der Waals surface area contributed by atoms with Crippen molar-refractivity contribution < 1.29 is 14.4 Å². The summed E-state index contributed by atoms with van der Waals surface area (Å²) >= 11 is 0. The van der Waals surface area contributed by atoms with Gasteiger partial charge in [0, 0.05) is 12.4 Å². The van der Waals surface area contributed by atoms with Crippen molar-refractivity contribution in [3.63, 3.8) is 0 Å². The van der Waals surface area contributed by atoms with Crippen molar-refractivity contribution in [1.29, 1.82) is 0 Å². The number of Topliss-reactive ketones (excluding diaryl/α,β-unsaturated/α-hetero) is 1. The Labute approximate surface area is 157 Å². The molecule has 7 heteroatoms. The van der Waals surface area contributed by atoms with Gasteiger partial charge in [-0.05, 0) is 36.6 Å². The first-order valence-electron chi connectivity index (χ1n) is 8.93. The highest BCUT2D eigenvalue weighted by Crippen LogP contribution is 2.22. The molecule has 27 heavy (non-hydrogen) atoms. The molecule has 2 N–H and O–H groups in total. The molecule has 1 aliphatic heterocycles. The summed E-state index contributed by atoms with van der Waals surface area (Å²) in [5.41, 5.74) is 1.16. The Balaban J connectivity index is 1.83. The Bertz CT molecular complexity index is 784. The van der Waals surface area contributed by atoms with Gasteiger partial charge in [-0.1, -0.05) is 26.0 Å². The zero-order chi connectivity index (χ0) is 19.4. The predicted molar refractivity (Wildman–Crippen MR) is 98.3 cm³/mol. The summed E-state index contributed by atoms with van der Waals surface area (Å²) in [6, 6.07) is 9.40. The molecule has 0 bridgehead atoms. The van der Waals surface area contributed by atoms with Gasteiger partial charge in [-0.25, -0.2) is 0 Å². The highest BCUT2D eigenvalue weighted by Gasteiger charge is 2.46. The van der Waals surface area contributed by atoms with E-state index < -0.39 is 29.8 Å². The molecule has 140 valence electrons. The number of carbonyl (C=O) groups excluding carboxylic acids is 3. The van der Waals surface area contributed by atoms with E-state index in [1.807, 2.05) is 13.8 Å². The SMILES string of the molecule is CC(C)CC1NC(=O)C(C(=O)NC(c2ccccn2)c2ccccn2)C1=O. The Morgan fingerprint density at radius 2 is 1.67 bits per heavy atom. The molecule has 7 nitrogen and oxygen atoms in total. The second kappa shape index (κ2) is 8.07. The average molecular weight is 366 g/mol. The number of hydrogen-bond acceptors (Lipinski definition) is 5. The second-order valence-electron chi connectivity index (χ2n) is 6.98. The Kier molecular flexibility index (Phi) is 5.59. The first kappa shape index (κ1) is 18.7. The van der Waals surface area contributed by atoms with E-state index in [0.29, 0.717) is 17.8 Å². The van der Waals surface area contributed by atoms with Gasteiger partial charge in [0.1, 0.15) is 6.04 Å². The van der Waals surface area contributed by atoms with Gasteiger partial charge in [0.25, 0.3) is 0 Å². The predicted octanol–water partition coefficient (Wildman–Crippen LogP) is 1.41. The third-order valence-corrected chi connectivity index (χ3v) is 4.43. The molecule has 2 aromatic rings. The smallest absolute Gasteiger partial charge is 0.241 e. The van der Waals surface area contributed by atoms with E-state index in [0.717, 1.165) is 0 Å². The molecule has 0 spiro atoms. The number of amides is 2. The van der Waals surface area contributed by atoms with Crippen LogP contribution in [0.25, 0.3) is 0 Å². The number of hydrogen-bond donors (Lipinski definition) is 2. The van der Waals surface area contributed by atoms with Crippen molar-refractivity contribution in [2.75, 3.05) is 0 Å². The summed E-state index contributed by atoms with van der Waals surface area (Å²) in [7, 11) is 0. The lowest BCUT2D eigenvalue weighted by Gasteiger charge is -2.19. The molecule has 0 radical (unpaired) electrons. The lowest BCUT2D eigenvalue weighted by atomic mass is 9.96. The number of nitrogens with one attached hydrogen (secondary N) is 2. The van der Waals surface area contributed by atoms with E-state index in [1.165, 1.54) is 0 Å². The van der Waals surface area contributed by atoms with Crippen LogP contribution in [0.5, 0.6) is 0 Å². The van der Waals surface area contributed by atoms with Crippen LogP contribution in [0.1, 0.15) is 37.7 Å². The number of rotatable bonds is 6. The number of carbonyl (C=O) groups is 3. The summed E-state index contributed by atoms with van der Waals surface area (Å²) in [5, 5.41) is 5.42. The third-order valence-electron chi connectivity index (χ3n) is 4.43. The molecule has 3 rings (SSSR count). The minimum atomic E-state index is -1.34. The standard InChI is InChI=1S/C20H22N4O3/c1-12(2)11-15-18(25)16(19(26)23-15)20(27)24-17(13-7-3-5-9-21-13)14-8-4-6-10-22-14/h3-10,12,15-17H,11H2,1-2H3,(H,23,26)(H,24,27). The number of ketones is 1. The van der Waals surface area contributed by atoms with Crippen molar-refractivity contribution in [1.82, 2.24) is 20.6 Å². The number of nitrogens with zero attached hydrogens (tertiary/aromatic N) is 2. The lowest BCUT2D eigenvalue weighted by Crippen LogP contribution is -2.40. The van der Waals surface area contributed by atoms with Crippen molar-refractivity contribution in [3.8, 4) is 0 Å². The largest absolute Gasteiger partial charge is 0.345 e. The van der Waals surface area contributed by atoms with Gasteiger partial charge >= 0.3 is 0 Å². The van der Waals surface area contributed by atoms with Crippen LogP contribution in [0.15, 0.2) is 48.8 Å². The quantitative estimate of drug-likeness (QED) is 0.753. The molecule has 2 amide bonds. The van der Waals surface area contributed by atoms with Crippen molar-refractivity contribution in [2.24, 2.45) is 11.8 Å². The van der Waals surface area contributed by atoms with Gasteiger partial charge in [0.05, 0.1) is 17.4 Å². The molecule has 1 fully saturated rings. The Hall–Kier alpha value is -3.09. The maximum atomic E-state index is 12.8. The first-order valence-corrected chi connectivity index (χ1v) is 8.93. The van der Waals surface area contributed by atoms with Crippen LogP contribution in [0.2, 0.25) is 0 Å². The number of aromatic nitrogens is 2. The molecular weight excluding hydrogens is 344 g/mol. The van der Waals surface area contributed by atoms with Crippen LogP contribution in [-0.2, 0) is 14.4 Å². The van der Waals surface area contributed by atoms with Gasteiger partial charge in [0.15, 0.2) is 11.7 Å². The van der Waals surface area contributed by atoms with E-state index in [9.17, 15) is 14.4 Å². The third kappa shape index (κ3) is 4.19. The fraction of sp³-hybridized carbons (Fsp3) is 0.350. The average Bonchev–Trinajstić information content (AvgIpc) is 2.93. The van der Waals surface area contributed by atoms with Crippen LogP contribution in [0.3, 0.4) is 0 Å². The zero-order valence-corrected chi connectivity index (χ0v) is 15.3. The number of pyridine rings is 2. The molecule has 1 aliphatic rings. The van der Waals surface area contributed by atoms with Gasteiger partial charge in [-0.3, -0.25) is 24.4 Å². The normalized spacial score (nSPS) is 19.4. The van der Waals surface area contributed by atoms with Crippen molar-refractivity contribution >= 4 is 17.6 Å². The van der Waals surface area contributed by atoms with E-state index in [-0.39, 0.29) is 11.7 Å². The molecule has 0 aliphatic carbocycles. The summed E-state index contributed by atoms with van der Waals surface area (Å²) < 4.78 is 0. The molecule has 0 aromatic carbocycles. The molecule has 1 saturated heterocycles. The first-order chi connectivity index (χ1) is 13.0. The molecule has 0 saturated carbocycles. The molecule has 2 unspecified atom stereocenters. The van der Waals surface area contributed by atoms with Crippen molar-refractivity contribution in [3.05, 3.63) is 60.2 Å². The van der Waals surface area contributed by atoms with Gasteiger partial charge in [-0.2, -0.15) is 0 Å². The molecular formula is C20H22N4O3. The molecule has 2 aromatic heterocycles. The van der Waals surface area contributed by atoms with Crippen LogP contribution in [-0.4, -0.2) is 33.6 Å². The van der Waals surface area contributed by atoms with Crippen LogP contribution in [0.4, 0.5) is 0 Å². The Morgan fingerprint density at radius 1 is 1.07 bits per heavy atom. The summed E-state index contributed by atoms with van der Waals surface area (Å²) in [5.74, 6) is -2.68. The lowest BCUT2D eigenvalue weighted by molar-refractivity contribution is -0.137. The van der Waals surface area contributed by atoms with Crippen LogP contribution >= 0.6 is 0 Å². The van der Waals surface area contributed by atoms with E-state index in [1.54, 1.807) is 48.8 Å². The maximum Gasteiger partial charge on any atom is 0.241 e. The summed E-state index contributed by atoms with van der Waals surface area (Å²) in [6.07, 6.45) is 3.74. The van der Waals surface area contributed by atoms with Crippen LogP contribution < -0.4 is 10.6 Å². The summed E-state index contributed by atoms with van der Waals surface area (Å²) in [4.78, 5) is 46.2. The van der Waals surface area contributed by atoms with Gasteiger partial charge < -0.3 is 10.6 Å². The van der Waals surface area contributed by atoms with E-state index in [4.69, 9.17) is 0 Å².